The number of nitrogens with two attached hydrogens (primary N) is 1. The normalized spacial score (nSPS) is 10.8. The smallest absolute Gasteiger partial charge is 0.255 e. The summed E-state index contributed by atoms with van der Waals surface area (Å²) in [4.78, 5) is 23.8. The zero-order chi connectivity index (χ0) is 22.0. The van der Waals surface area contributed by atoms with E-state index in [0.717, 1.165) is 27.8 Å². The summed E-state index contributed by atoms with van der Waals surface area (Å²) in [5.74, 6) is -0.320. The van der Waals surface area contributed by atoms with E-state index in [1.165, 1.54) is 6.92 Å². The second-order valence-corrected chi connectivity index (χ2v) is 7.39. The molecular weight excluding hydrogens is 390 g/mol. The number of benzene rings is 3. The summed E-state index contributed by atoms with van der Waals surface area (Å²) < 4.78 is 1.92. The first-order valence-electron chi connectivity index (χ1n) is 9.90. The third kappa shape index (κ3) is 4.40. The predicted octanol–water partition coefficient (Wildman–Crippen LogP) is 4.19. The quantitative estimate of drug-likeness (QED) is 0.427. The summed E-state index contributed by atoms with van der Waals surface area (Å²) in [6, 6.07) is 20.2. The number of fused-ring (bicyclic) bond motifs is 1. The zero-order valence-corrected chi connectivity index (χ0v) is 17.3. The second kappa shape index (κ2) is 8.31. The number of hydrogen-bond acceptors (Lipinski definition) is 4. The number of hydrogen-bond donors (Lipinski definition) is 3. The molecule has 0 fully saturated rings. The lowest BCUT2D eigenvalue weighted by atomic mass is 10.1. The number of aromatic nitrogens is 2. The third-order valence-electron chi connectivity index (χ3n) is 5.08. The lowest BCUT2D eigenvalue weighted by Gasteiger charge is -2.09. The summed E-state index contributed by atoms with van der Waals surface area (Å²) in [6.07, 6.45) is 0. The Morgan fingerprint density at radius 3 is 2.45 bits per heavy atom. The van der Waals surface area contributed by atoms with E-state index >= 15 is 0 Å². The number of amides is 2. The molecule has 156 valence electrons. The van der Waals surface area contributed by atoms with Gasteiger partial charge in [-0.1, -0.05) is 24.3 Å². The van der Waals surface area contributed by atoms with Crippen molar-refractivity contribution in [3.05, 3.63) is 83.6 Å². The standard InChI is InChI=1S/C24H23N5O2/c1-15-20-13-19(26-16(2)30)11-12-22(20)28-29(15)14-17-7-9-18(10-8-17)24(31)27-23-6-4-3-5-21(23)25/h3-13H,14,25H2,1-2H3,(H,26,30)(H,27,31). The molecule has 0 aliphatic heterocycles. The van der Waals surface area contributed by atoms with Gasteiger partial charge in [-0.15, -0.1) is 0 Å². The highest BCUT2D eigenvalue weighted by molar-refractivity contribution is 6.05. The minimum atomic E-state index is -0.212. The van der Waals surface area contributed by atoms with Crippen LogP contribution in [0.4, 0.5) is 17.1 Å². The van der Waals surface area contributed by atoms with E-state index in [-0.39, 0.29) is 11.8 Å². The Balaban J connectivity index is 1.50. The molecule has 7 nitrogen and oxygen atoms in total. The largest absolute Gasteiger partial charge is 0.397 e. The first-order chi connectivity index (χ1) is 14.9. The Bertz CT molecular complexity index is 1280. The Morgan fingerprint density at radius 1 is 1.00 bits per heavy atom. The molecule has 0 aliphatic rings. The van der Waals surface area contributed by atoms with Crippen molar-refractivity contribution < 1.29 is 9.59 Å². The maximum atomic E-state index is 12.5. The predicted molar refractivity (Wildman–Crippen MR) is 123 cm³/mol. The molecule has 4 aromatic rings. The zero-order valence-electron chi connectivity index (χ0n) is 17.3. The van der Waals surface area contributed by atoms with Crippen molar-refractivity contribution in [2.45, 2.75) is 20.4 Å². The van der Waals surface area contributed by atoms with Gasteiger partial charge in [0.15, 0.2) is 0 Å². The van der Waals surface area contributed by atoms with Crippen LogP contribution < -0.4 is 16.4 Å². The highest BCUT2D eigenvalue weighted by Crippen LogP contribution is 2.23. The summed E-state index contributed by atoms with van der Waals surface area (Å²) in [6.45, 7) is 4.06. The van der Waals surface area contributed by atoms with Crippen LogP contribution in [0.15, 0.2) is 66.7 Å². The SMILES string of the molecule is CC(=O)Nc1ccc2nn(Cc3ccc(C(=O)Nc4ccccc4N)cc3)c(C)c2c1. The van der Waals surface area contributed by atoms with Gasteiger partial charge >= 0.3 is 0 Å². The van der Waals surface area contributed by atoms with Crippen molar-refractivity contribution in [1.82, 2.24) is 9.78 Å². The Kier molecular flexibility index (Phi) is 5.41. The number of carbonyl (C=O) groups excluding carboxylic acids is 2. The van der Waals surface area contributed by atoms with Crippen LogP contribution in [0.1, 0.15) is 28.5 Å². The van der Waals surface area contributed by atoms with Crippen LogP contribution in [0.3, 0.4) is 0 Å². The number of para-hydroxylation sites is 2. The van der Waals surface area contributed by atoms with Gasteiger partial charge in [-0.3, -0.25) is 14.3 Å². The van der Waals surface area contributed by atoms with Crippen molar-refractivity contribution >= 4 is 39.8 Å². The fourth-order valence-electron chi connectivity index (χ4n) is 3.43. The van der Waals surface area contributed by atoms with E-state index in [2.05, 4.69) is 15.7 Å². The van der Waals surface area contributed by atoms with Crippen LogP contribution >= 0.6 is 0 Å². The lowest BCUT2D eigenvalue weighted by Crippen LogP contribution is -2.13. The Hall–Kier alpha value is -4.13. The molecule has 0 spiro atoms. The van der Waals surface area contributed by atoms with Crippen LogP contribution in [-0.2, 0) is 11.3 Å². The monoisotopic (exact) mass is 413 g/mol. The van der Waals surface area contributed by atoms with E-state index < -0.39 is 0 Å². The summed E-state index contributed by atoms with van der Waals surface area (Å²) in [5.41, 5.74) is 11.2. The molecule has 0 unspecified atom stereocenters. The molecule has 4 rings (SSSR count). The Labute approximate surface area is 179 Å². The van der Waals surface area contributed by atoms with Crippen LogP contribution in [0, 0.1) is 6.92 Å². The van der Waals surface area contributed by atoms with Gasteiger partial charge in [0.25, 0.3) is 5.91 Å². The molecule has 2 amide bonds. The summed E-state index contributed by atoms with van der Waals surface area (Å²) in [7, 11) is 0. The number of nitrogens with zero attached hydrogens (tertiary/aromatic N) is 2. The fraction of sp³-hybridized carbons (Fsp3) is 0.125. The highest BCUT2D eigenvalue weighted by Gasteiger charge is 2.11. The average molecular weight is 413 g/mol. The van der Waals surface area contributed by atoms with Gasteiger partial charge in [-0.05, 0) is 55.0 Å². The number of nitrogens with one attached hydrogen (secondary N) is 2. The van der Waals surface area contributed by atoms with Gasteiger partial charge in [0.2, 0.25) is 5.91 Å². The molecule has 31 heavy (non-hydrogen) atoms. The van der Waals surface area contributed by atoms with Crippen molar-refractivity contribution in [2.75, 3.05) is 16.4 Å². The van der Waals surface area contributed by atoms with E-state index in [0.29, 0.717) is 23.5 Å². The van der Waals surface area contributed by atoms with E-state index in [4.69, 9.17) is 5.73 Å². The fourth-order valence-corrected chi connectivity index (χ4v) is 3.43. The molecule has 7 heteroatoms. The van der Waals surface area contributed by atoms with Crippen LogP contribution in [0.25, 0.3) is 10.9 Å². The molecule has 0 bridgehead atoms. The first-order valence-corrected chi connectivity index (χ1v) is 9.90. The Morgan fingerprint density at radius 2 is 1.74 bits per heavy atom. The first kappa shape index (κ1) is 20.2. The van der Waals surface area contributed by atoms with Gasteiger partial charge in [0, 0.05) is 29.3 Å². The van der Waals surface area contributed by atoms with Crippen molar-refractivity contribution in [3.63, 3.8) is 0 Å². The number of aryl methyl sites for hydroxylation is 1. The minimum absolute atomic E-state index is 0.108. The van der Waals surface area contributed by atoms with E-state index in [9.17, 15) is 9.59 Å². The molecule has 1 heterocycles. The van der Waals surface area contributed by atoms with E-state index in [1.807, 2.05) is 54.1 Å². The van der Waals surface area contributed by atoms with E-state index in [1.54, 1.807) is 24.3 Å². The summed E-state index contributed by atoms with van der Waals surface area (Å²) in [5, 5.41) is 11.3. The maximum Gasteiger partial charge on any atom is 0.255 e. The number of nitrogen functional groups attached to an aromatic ring is 1. The van der Waals surface area contributed by atoms with Gasteiger partial charge in [-0.25, -0.2) is 0 Å². The van der Waals surface area contributed by atoms with Gasteiger partial charge < -0.3 is 16.4 Å². The molecule has 0 atom stereocenters. The highest BCUT2D eigenvalue weighted by atomic mass is 16.2. The van der Waals surface area contributed by atoms with Crippen LogP contribution in [-0.4, -0.2) is 21.6 Å². The molecule has 3 aromatic carbocycles. The lowest BCUT2D eigenvalue weighted by molar-refractivity contribution is -0.114. The molecule has 0 radical (unpaired) electrons. The van der Waals surface area contributed by atoms with Gasteiger partial charge in [0.1, 0.15) is 0 Å². The molecular formula is C24H23N5O2. The summed E-state index contributed by atoms with van der Waals surface area (Å²) >= 11 is 0. The average Bonchev–Trinajstić information content (AvgIpc) is 3.05. The van der Waals surface area contributed by atoms with Gasteiger partial charge in [0.05, 0.1) is 23.4 Å². The third-order valence-corrected chi connectivity index (χ3v) is 5.08. The molecule has 4 N–H and O–H groups in total. The maximum absolute atomic E-state index is 12.5. The number of rotatable bonds is 5. The second-order valence-electron chi connectivity index (χ2n) is 7.39. The van der Waals surface area contributed by atoms with Crippen molar-refractivity contribution in [2.24, 2.45) is 0 Å². The molecule has 1 aromatic heterocycles. The van der Waals surface area contributed by atoms with Crippen molar-refractivity contribution in [3.8, 4) is 0 Å². The number of anilines is 3. The van der Waals surface area contributed by atoms with Crippen molar-refractivity contribution in [1.29, 1.82) is 0 Å². The minimum Gasteiger partial charge on any atom is -0.397 e. The topological polar surface area (TPSA) is 102 Å². The molecule has 0 aliphatic carbocycles. The van der Waals surface area contributed by atoms with Gasteiger partial charge in [-0.2, -0.15) is 5.10 Å². The molecule has 0 saturated heterocycles. The van der Waals surface area contributed by atoms with Crippen LogP contribution in [0.2, 0.25) is 0 Å². The van der Waals surface area contributed by atoms with Crippen LogP contribution in [0.5, 0.6) is 0 Å². The number of carbonyl (C=O) groups is 2. The molecule has 0 saturated carbocycles.